The molecule has 0 unspecified atom stereocenters. The van der Waals surface area contributed by atoms with Gasteiger partial charge in [-0.2, -0.15) is 5.10 Å². The first-order valence-electron chi connectivity index (χ1n) is 9.14. The maximum absolute atomic E-state index is 13.2. The van der Waals surface area contributed by atoms with Gasteiger partial charge in [0, 0.05) is 44.5 Å². The van der Waals surface area contributed by atoms with E-state index in [2.05, 4.69) is 16.2 Å². The Bertz CT molecular complexity index is 856. The van der Waals surface area contributed by atoms with Gasteiger partial charge in [-0.1, -0.05) is 12.1 Å². The molecule has 0 bridgehead atoms. The van der Waals surface area contributed by atoms with Gasteiger partial charge >= 0.3 is 0 Å². The molecule has 4 rings (SSSR count). The second kappa shape index (κ2) is 6.68. The number of nitrogens with zero attached hydrogens (tertiary/aromatic N) is 4. The minimum absolute atomic E-state index is 0.0117. The van der Waals surface area contributed by atoms with Crippen molar-refractivity contribution in [2.45, 2.75) is 38.9 Å². The highest BCUT2D eigenvalue weighted by molar-refractivity contribution is 5.95. The number of aromatic nitrogens is 3. The van der Waals surface area contributed by atoms with Gasteiger partial charge in [-0.05, 0) is 37.5 Å². The molecule has 0 aromatic carbocycles. The zero-order chi connectivity index (χ0) is 18.3. The molecule has 26 heavy (non-hydrogen) atoms. The van der Waals surface area contributed by atoms with Crippen molar-refractivity contribution in [2.75, 3.05) is 13.1 Å². The zero-order valence-corrected chi connectivity index (χ0v) is 15.5. The van der Waals surface area contributed by atoms with E-state index in [1.807, 2.05) is 44.1 Å². The van der Waals surface area contributed by atoms with Crippen molar-refractivity contribution in [3.8, 4) is 0 Å². The number of amides is 1. The molecule has 6 nitrogen and oxygen atoms in total. The lowest BCUT2D eigenvalue weighted by atomic mass is 9.98. The molecule has 4 heterocycles. The van der Waals surface area contributed by atoms with Gasteiger partial charge in [-0.15, -0.1) is 0 Å². The van der Waals surface area contributed by atoms with E-state index in [4.69, 9.17) is 4.74 Å². The molecule has 0 saturated heterocycles. The van der Waals surface area contributed by atoms with Crippen molar-refractivity contribution in [2.24, 2.45) is 7.05 Å². The number of aryl methyl sites for hydroxylation is 1. The lowest BCUT2D eigenvalue weighted by molar-refractivity contribution is -0.00906. The van der Waals surface area contributed by atoms with Gasteiger partial charge in [0.25, 0.3) is 5.91 Å². The van der Waals surface area contributed by atoms with Crippen LogP contribution < -0.4 is 0 Å². The van der Waals surface area contributed by atoms with Crippen LogP contribution in [-0.2, 0) is 18.2 Å². The van der Waals surface area contributed by atoms with E-state index >= 15 is 0 Å². The Morgan fingerprint density at radius 1 is 1.35 bits per heavy atom. The summed E-state index contributed by atoms with van der Waals surface area (Å²) in [4.78, 5) is 19.3. The standard InChI is InChI=1S/C20H24N4O2/c1-13-10-17-18(22-23(3)19(17)14(2)26-13)20(25)24-9-5-7-16(12-24)15-6-4-8-21-11-15/h4,6-8,11,13-14H,5,9-10,12H2,1-3H3/t13-,14+/m1/s1. The summed E-state index contributed by atoms with van der Waals surface area (Å²) >= 11 is 0. The fourth-order valence-electron chi connectivity index (χ4n) is 4.04. The normalized spacial score (nSPS) is 22.7. The molecule has 2 aromatic heterocycles. The second-order valence-corrected chi connectivity index (χ2v) is 7.12. The molecule has 0 fully saturated rings. The van der Waals surface area contributed by atoms with Crippen LogP contribution in [0.15, 0.2) is 30.6 Å². The fourth-order valence-corrected chi connectivity index (χ4v) is 4.04. The molecule has 2 aliphatic rings. The van der Waals surface area contributed by atoms with E-state index in [0.29, 0.717) is 12.2 Å². The highest BCUT2D eigenvalue weighted by atomic mass is 16.5. The van der Waals surface area contributed by atoms with Gasteiger partial charge in [0.15, 0.2) is 5.69 Å². The first-order valence-corrected chi connectivity index (χ1v) is 9.14. The van der Waals surface area contributed by atoms with E-state index < -0.39 is 0 Å². The van der Waals surface area contributed by atoms with Gasteiger partial charge in [0.05, 0.1) is 17.9 Å². The van der Waals surface area contributed by atoms with Crippen LogP contribution in [0.25, 0.3) is 5.57 Å². The topological polar surface area (TPSA) is 60.2 Å². The lowest BCUT2D eigenvalue weighted by Crippen LogP contribution is -2.36. The predicted octanol–water partition coefficient (Wildman–Crippen LogP) is 2.77. The summed E-state index contributed by atoms with van der Waals surface area (Å²) < 4.78 is 7.71. The third kappa shape index (κ3) is 2.94. The maximum atomic E-state index is 13.2. The molecule has 2 atom stereocenters. The third-order valence-corrected chi connectivity index (χ3v) is 5.18. The third-order valence-electron chi connectivity index (χ3n) is 5.18. The molecule has 6 heteroatoms. The van der Waals surface area contributed by atoms with E-state index in [9.17, 15) is 4.79 Å². The predicted molar refractivity (Wildman–Crippen MR) is 98.6 cm³/mol. The van der Waals surface area contributed by atoms with Crippen LogP contribution in [0.5, 0.6) is 0 Å². The summed E-state index contributed by atoms with van der Waals surface area (Å²) in [7, 11) is 1.89. The number of hydrogen-bond acceptors (Lipinski definition) is 4. The maximum Gasteiger partial charge on any atom is 0.274 e. The molecule has 2 aromatic rings. The highest BCUT2D eigenvalue weighted by Gasteiger charge is 2.33. The van der Waals surface area contributed by atoms with E-state index in [1.54, 1.807) is 10.9 Å². The number of hydrogen-bond donors (Lipinski definition) is 0. The second-order valence-electron chi connectivity index (χ2n) is 7.12. The van der Waals surface area contributed by atoms with Gasteiger partial charge in [0.2, 0.25) is 0 Å². The minimum atomic E-state index is -0.0417. The summed E-state index contributed by atoms with van der Waals surface area (Å²) in [5.74, 6) is 0.0117. The number of pyridine rings is 1. The van der Waals surface area contributed by atoms with E-state index in [1.165, 1.54) is 0 Å². The van der Waals surface area contributed by atoms with Crippen molar-refractivity contribution in [3.05, 3.63) is 53.1 Å². The van der Waals surface area contributed by atoms with Crippen molar-refractivity contribution in [1.29, 1.82) is 0 Å². The molecular formula is C20H24N4O2. The van der Waals surface area contributed by atoms with Crippen LogP contribution in [0.2, 0.25) is 0 Å². The monoisotopic (exact) mass is 352 g/mol. The van der Waals surface area contributed by atoms with Gasteiger partial charge < -0.3 is 9.64 Å². The Labute approximate surface area is 153 Å². The number of fused-ring (bicyclic) bond motifs is 1. The van der Waals surface area contributed by atoms with Crippen LogP contribution >= 0.6 is 0 Å². The summed E-state index contributed by atoms with van der Waals surface area (Å²) in [5, 5.41) is 4.56. The number of carbonyl (C=O) groups is 1. The average molecular weight is 352 g/mol. The van der Waals surface area contributed by atoms with Crippen LogP contribution in [-0.4, -0.2) is 44.8 Å². The molecule has 136 valence electrons. The first-order chi connectivity index (χ1) is 12.5. The summed E-state index contributed by atoms with van der Waals surface area (Å²) in [6.07, 6.45) is 7.45. The van der Waals surface area contributed by atoms with Crippen molar-refractivity contribution >= 4 is 11.5 Å². The molecule has 0 aliphatic carbocycles. The molecule has 0 saturated carbocycles. The quantitative estimate of drug-likeness (QED) is 0.834. The Morgan fingerprint density at radius 2 is 2.19 bits per heavy atom. The van der Waals surface area contributed by atoms with Crippen LogP contribution in [0.4, 0.5) is 0 Å². The molecule has 2 aliphatic heterocycles. The smallest absolute Gasteiger partial charge is 0.274 e. The van der Waals surface area contributed by atoms with Crippen molar-refractivity contribution < 1.29 is 9.53 Å². The zero-order valence-electron chi connectivity index (χ0n) is 15.5. The summed E-state index contributed by atoms with van der Waals surface area (Å²) in [5.41, 5.74) is 4.86. The molecule has 0 spiro atoms. The summed E-state index contributed by atoms with van der Waals surface area (Å²) in [6.45, 7) is 5.38. The number of rotatable bonds is 2. The Morgan fingerprint density at radius 3 is 2.96 bits per heavy atom. The Hall–Kier alpha value is -2.47. The molecular weight excluding hydrogens is 328 g/mol. The average Bonchev–Trinajstić information content (AvgIpc) is 2.98. The van der Waals surface area contributed by atoms with Crippen LogP contribution in [0, 0.1) is 0 Å². The summed E-state index contributed by atoms with van der Waals surface area (Å²) in [6, 6.07) is 3.96. The Balaban J connectivity index is 1.61. The first kappa shape index (κ1) is 17.0. The molecule has 1 amide bonds. The number of carbonyl (C=O) groups excluding carboxylic acids is 1. The van der Waals surface area contributed by atoms with E-state index in [0.717, 1.165) is 41.8 Å². The van der Waals surface area contributed by atoms with Gasteiger partial charge in [-0.3, -0.25) is 14.5 Å². The van der Waals surface area contributed by atoms with Gasteiger partial charge in [-0.25, -0.2) is 0 Å². The Kier molecular flexibility index (Phi) is 4.36. The van der Waals surface area contributed by atoms with Gasteiger partial charge in [0.1, 0.15) is 0 Å². The molecule has 0 N–H and O–H groups in total. The van der Waals surface area contributed by atoms with Crippen molar-refractivity contribution in [3.63, 3.8) is 0 Å². The van der Waals surface area contributed by atoms with Crippen LogP contribution in [0.3, 0.4) is 0 Å². The number of ether oxygens (including phenoxy) is 1. The van der Waals surface area contributed by atoms with E-state index in [-0.39, 0.29) is 18.1 Å². The minimum Gasteiger partial charge on any atom is -0.369 e. The SMILES string of the molecule is C[C@@H]1Cc2c(C(=O)N3CCC=C(c4cccnc4)C3)nn(C)c2[C@H](C)O1. The fraction of sp³-hybridized carbons (Fsp3) is 0.450. The highest BCUT2D eigenvalue weighted by Crippen LogP contribution is 2.32. The lowest BCUT2D eigenvalue weighted by Gasteiger charge is -2.29. The van der Waals surface area contributed by atoms with Crippen LogP contribution in [0.1, 0.15) is 53.7 Å². The largest absolute Gasteiger partial charge is 0.369 e. The molecule has 0 radical (unpaired) electrons. The van der Waals surface area contributed by atoms with Crippen molar-refractivity contribution in [1.82, 2.24) is 19.7 Å².